The Kier molecular flexibility index (Phi) is 6.75. The number of thiazole rings is 1. The number of carbonyl (C=O) groups is 1. The Hall–Kier alpha value is -2.97. The summed E-state index contributed by atoms with van der Waals surface area (Å²) in [4.78, 5) is 31.3. The first-order chi connectivity index (χ1) is 17.6. The number of fused-ring (bicyclic) bond motifs is 3. The molecule has 1 aliphatic heterocycles. The molecule has 0 amide bonds. The molecule has 8 heteroatoms. The van der Waals surface area contributed by atoms with Crippen molar-refractivity contribution < 1.29 is 19.0 Å². The lowest BCUT2D eigenvalue weighted by atomic mass is 9.78. The minimum absolute atomic E-state index is 0.0444. The summed E-state index contributed by atoms with van der Waals surface area (Å²) in [6.07, 6.45) is 6.74. The Bertz CT molecular complexity index is 1390. The van der Waals surface area contributed by atoms with Crippen molar-refractivity contribution in [2.75, 3.05) is 20.8 Å². The zero-order valence-electron chi connectivity index (χ0n) is 22.3. The van der Waals surface area contributed by atoms with Crippen LogP contribution in [0.5, 0.6) is 5.75 Å². The molecule has 0 N–H and O–H groups in total. The first kappa shape index (κ1) is 25.7. The fourth-order valence-electron chi connectivity index (χ4n) is 5.37. The van der Waals surface area contributed by atoms with Crippen LogP contribution in [0.4, 0.5) is 0 Å². The van der Waals surface area contributed by atoms with Gasteiger partial charge in [0.15, 0.2) is 5.43 Å². The van der Waals surface area contributed by atoms with Crippen molar-refractivity contribution in [1.82, 2.24) is 9.55 Å². The van der Waals surface area contributed by atoms with E-state index >= 15 is 0 Å². The molecule has 0 radical (unpaired) electrons. The van der Waals surface area contributed by atoms with E-state index in [1.807, 2.05) is 12.3 Å². The molecule has 2 aromatic heterocycles. The van der Waals surface area contributed by atoms with Gasteiger partial charge >= 0.3 is 5.97 Å². The third kappa shape index (κ3) is 4.61. The number of ether oxygens (including phenoxy) is 3. The molecule has 0 saturated heterocycles. The van der Waals surface area contributed by atoms with Gasteiger partial charge in [0, 0.05) is 48.7 Å². The van der Waals surface area contributed by atoms with E-state index in [1.54, 1.807) is 44.7 Å². The summed E-state index contributed by atoms with van der Waals surface area (Å²) in [5, 5.41) is 1.14. The number of aromatic nitrogens is 2. The highest BCUT2D eigenvalue weighted by molar-refractivity contribution is 7.15. The maximum Gasteiger partial charge on any atom is 0.343 e. The van der Waals surface area contributed by atoms with E-state index in [-0.39, 0.29) is 29.1 Å². The van der Waals surface area contributed by atoms with E-state index in [9.17, 15) is 9.59 Å². The summed E-state index contributed by atoms with van der Waals surface area (Å²) < 4.78 is 18.5. The van der Waals surface area contributed by atoms with Gasteiger partial charge in [0.2, 0.25) is 0 Å². The first-order valence-corrected chi connectivity index (χ1v) is 13.6. The Labute approximate surface area is 221 Å². The Morgan fingerprint density at radius 1 is 1.16 bits per heavy atom. The zero-order chi connectivity index (χ0) is 26.5. The SMILES string of the molecule is CCOC(=O)c1cn2c(cc1=O)-c1cc(OC)c(-c3cnc(C4CC(OC)C4)s3)cc1CC2C(C)(C)C. The molecular weight excluding hydrogens is 488 g/mol. The Morgan fingerprint density at radius 3 is 2.57 bits per heavy atom. The number of hydrogen-bond donors (Lipinski definition) is 0. The van der Waals surface area contributed by atoms with Crippen molar-refractivity contribution in [1.29, 1.82) is 0 Å². The quantitative estimate of drug-likeness (QED) is 0.377. The van der Waals surface area contributed by atoms with Crippen molar-refractivity contribution in [3.63, 3.8) is 0 Å². The van der Waals surface area contributed by atoms with E-state index in [1.165, 1.54) is 0 Å². The second-order valence-corrected chi connectivity index (χ2v) is 12.0. The molecule has 196 valence electrons. The van der Waals surface area contributed by atoms with Crippen LogP contribution in [0.2, 0.25) is 0 Å². The highest BCUT2D eigenvalue weighted by Crippen LogP contribution is 2.48. The number of esters is 1. The molecule has 2 aliphatic rings. The molecular formula is C29H34N2O5S. The lowest BCUT2D eigenvalue weighted by Crippen LogP contribution is -2.33. The fraction of sp³-hybridized carbons (Fsp3) is 0.483. The summed E-state index contributed by atoms with van der Waals surface area (Å²) in [7, 11) is 3.43. The first-order valence-electron chi connectivity index (χ1n) is 12.8. The van der Waals surface area contributed by atoms with Crippen molar-refractivity contribution >= 4 is 17.3 Å². The molecule has 0 bridgehead atoms. The zero-order valence-corrected chi connectivity index (χ0v) is 23.1. The molecule has 3 heterocycles. The normalized spacial score (nSPS) is 20.5. The molecule has 5 rings (SSSR count). The Morgan fingerprint density at radius 2 is 1.92 bits per heavy atom. The van der Waals surface area contributed by atoms with Crippen LogP contribution in [0.15, 0.2) is 35.4 Å². The number of carbonyl (C=O) groups excluding carboxylic acids is 1. The minimum atomic E-state index is -0.585. The monoisotopic (exact) mass is 522 g/mol. The van der Waals surface area contributed by atoms with Crippen LogP contribution < -0.4 is 10.2 Å². The van der Waals surface area contributed by atoms with E-state index in [0.29, 0.717) is 12.0 Å². The van der Waals surface area contributed by atoms with Crippen LogP contribution in [0, 0.1) is 5.41 Å². The van der Waals surface area contributed by atoms with E-state index < -0.39 is 5.97 Å². The summed E-state index contributed by atoms with van der Waals surface area (Å²) in [6.45, 7) is 8.50. The summed E-state index contributed by atoms with van der Waals surface area (Å²) >= 11 is 1.71. The van der Waals surface area contributed by atoms with Crippen molar-refractivity contribution in [2.24, 2.45) is 5.41 Å². The van der Waals surface area contributed by atoms with Crippen molar-refractivity contribution in [2.45, 2.75) is 65.0 Å². The Balaban J connectivity index is 1.60. The summed E-state index contributed by atoms with van der Waals surface area (Å²) in [5.74, 6) is 0.600. The number of methoxy groups -OCH3 is 2. The van der Waals surface area contributed by atoms with Gasteiger partial charge in [0.05, 0.1) is 35.4 Å². The molecule has 0 spiro atoms. The fourth-order valence-corrected chi connectivity index (χ4v) is 6.43. The summed E-state index contributed by atoms with van der Waals surface area (Å²) in [6, 6.07) is 5.82. The van der Waals surface area contributed by atoms with Crippen LogP contribution in [-0.2, 0) is 15.9 Å². The van der Waals surface area contributed by atoms with Gasteiger partial charge in [0.25, 0.3) is 0 Å². The van der Waals surface area contributed by atoms with Gasteiger partial charge in [-0.15, -0.1) is 11.3 Å². The standard InChI is InChI=1S/C29H34N2O5S/c1-7-36-28(33)21-15-31-22(13-23(21)32)19-12-24(35-6)20(10-16(19)11-26(31)29(2,3)4)25-14-30-27(37-25)17-8-18(9-17)34-5/h10,12-15,17-18,26H,7-9,11H2,1-6H3. The van der Waals surface area contributed by atoms with Crippen LogP contribution in [-0.4, -0.2) is 42.5 Å². The van der Waals surface area contributed by atoms with Crippen LogP contribution >= 0.6 is 11.3 Å². The molecule has 7 nitrogen and oxygen atoms in total. The molecule has 1 fully saturated rings. The van der Waals surface area contributed by atoms with Crippen molar-refractivity contribution in [3.05, 3.63) is 57.0 Å². The number of hydrogen-bond acceptors (Lipinski definition) is 7. The second-order valence-electron chi connectivity index (χ2n) is 10.9. The molecule has 1 unspecified atom stereocenters. The smallest absolute Gasteiger partial charge is 0.343 e. The highest BCUT2D eigenvalue weighted by Gasteiger charge is 2.35. The van der Waals surface area contributed by atoms with E-state index in [0.717, 1.165) is 57.3 Å². The van der Waals surface area contributed by atoms with E-state index in [4.69, 9.17) is 19.2 Å². The maximum absolute atomic E-state index is 13.0. The predicted octanol–water partition coefficient (Wildman–Crippen LogP) is 5.86. The molecule has 37 heavy (non-hydrogen) atoms. The second kappa shape index (κ2) is 9.72. The van der Waals surface area contributed by atoms with Gasteiger partial charge in [-0.2, -0.15) is 0 Å². The van der Waals surface area contributed by atoms with Crippen LogP contribution in [0.25, 0.3) is 21.7 Å². The summed E-state index contributed by atoms with van der Waals surface area (Å²) in [5.41, 5.74) is 3.50. The van der Waals surface area contributed by atoms with Gasteiger partial charge in [-0.05, 0) is 49.3 Å². The number of rotatable bonds is 6. The third-order valence-corrected chi connectivity index (χ3v) is 8.78. The average molecular weight is 523 g/mol. The minimum Gasteiger partial charge on any atom is -0.496 e. The molecule has 1 atom stereocenters. The van der Waals surface area contributed by atoms with E-state index in [2.05, 4.69) is 31.4 Å². The van der Waals surface area contributed by atoms with Gasteiger partial charge in [-0.1, -0.05) is 20.8 Å². The van der Waals surface area contributed by atoms with Crippen LogP contribution in [0.1, 0.15) is 73.4 Å². The average Bonchev–Trinajstić information content (AvgIpc) is 3.30. The largest absolute Gasteiger partial charge is 0.496 e. The molecule has 1 saturated carbocycles. The number of nitrogens with zero attached hydrogens (tertiary/aromatic N) is 2. The van der Waals surface area contributed by atoms with Gasteiger partial charge in [0.1, 0.15) is 11.3 Å². The maximum atomic E-state index is 13.0. The molecule has 1 aromatic carbocycles. The topological polar surface area (TPSA) is 79.7 Å². The predicted molar refractivity (Wildman–Crippen MR) is 145 cm³/mol. The van der Waals surface area contributed by atoms with Gasteiger partial charge in [-0.3, -0.25) is 4.79 Å². The number of pyridine rings is 1. The van der Waals surface area contributed by atoms with Crippen molar-refractivity contribution in [3.8, 4) is 27.4 Å². The van der Waals surface area contributed by atoms with Crippen LogP contribution in [0.3, 0.4) is 0 Å². The van der Waals surface area contributed by atoms with Gasteiger partial charge < -0.3 is 18.8 Å². The molecule has 3 aromatic rings. The lowest BCUT2D eigenvalue weighted by molar-refractivity contribution is 0.0257. The third-order valence-electron chi connectivity index (χ3n) is 7.59. The lowest BCUT2D eigenvalue weighted by Gasteiger charge is -2.39. The highest BCUT2D eigenvalue weighted by atomic mass is 32.1. The van der Waals surface area contributed by atoms with Gasteiger partial charge in [-0.25, -0.2) is 9.78 Å². The number of benzene rings is 1. The molecule has 1 aliphatic carbocycles.